The first kappa shape index (κ1) is 13.0. The lowest BCUT2D eigenvalue weighted by atomic mass is 10.1. The zero-order valence-corrected chi connectivity index (χ0v) is 10.7. The fourth-order valence-corrected chi connectivity index (χ4v) is 4.06. The van der Waals surface area contributed by atoms with Crippen LogP contribution in [0.15, 0.2) is 29.2 Å². The molecule has 0 N–H and O–H groups in total. The number of nitro benzene ring substituents is 1. The molecule has 0 bridgehead atoms. The van der Waals surface area contributed by atoms with Gasteiger partial charge in [-0.25, -0.2) is 8.42 Å². The summed E-state index contributed by atoms with van der Waals surface area (Å²) < 4.78 is 24.2. The van der Waals surface area contributed by atoms with Gasteiger partial charge in [-0.05, 0) is 30.9 Å². The Balaban J connectivity index is 2.16. The number of hydrogen-bond acceptors (Lipinski definition) is 4. The average molecular weight is 269 g/mol. The summed E-state index contributed by atoms with van der Waals surface area (Å²) in [6, 6.07) is 5.12. The van der Waals surface area contributed by atoms with Crippen LogP contribution in [-0.4, -0.2) is 19.1 Å². The lowest BCUT2D eigenvalue weighted by molar-refractivity contribution is -0.384. The zero-order chi connectivity index (χ0) is 13.2. The first-order valence-electron chi connectivity index (χ1n) is 5.96. The second-order valence-electron chi connectivity index (χ2n) is 4.68. The van der Waals surface area contributed by atoms with E-state index in [1.165, 1.54) is 24.3 Å². The Kier molecular flexibility index (Phi) is 3.65. The Labute approximate surface area is 106 Å². The minimum atomic E-state index is -3.31. The number of sulfone groups is 1. The Morgan fingerprint density at radius 3 is 2.22 bits per heavy atom. The van der Waals surface area contributed by atoms with Crippen molar-refractivity contribution in [1.82, 2.24) is 0 Å². The summed E-state index contributed by atoms with van der Waals surface area (Å²) in [5, 5.41) is 10.5. The Morgan fingerprint density at radius 2 is 1.72 bits per heavy atom. The van der Waals surface area contributed by atoms with Gasteiger partial charge in [-0.3, -0.25) is 10.1 Å². The molecule has 6 heteroatoms. The maximum Gasteiger partial charge on any atom is 0.269 e. The van der Waals surface area contributed by atoms with Crippen LogP contribution in [0.1, 0.15) is 25.7 Å². The van der Waals surface area contributed by atoms with Crippen LogP contribution in [0.3, 0.4) is 0 Å². The third kappa shape index (κ3) is 2.87. The topological polar surface area (TPSA) is 77.3 Å². The number of non-ortho nitro benzene ring substituents is 1. The lowest BCUT2D eigenvalue weighted by Crippen LogP contribution is -2.14. The minimum Gasteiger partial charge on any atom is -0.258 e. The van der Waals surface area contributed by atoms with E-state index in [0.717, 1.165) is 25.7 Å². The van der Waals surface area contributed by atoms with Crippen LogP contribution in [0.5, 0.6) is 0 Å². The molecule has 0 unspecified atom stereocenters. The van der Waals surface area contributed by atoms with Crippen molar-refractivity contribution in [2.45, 2.75) is 30.6 Å². The van der Waals surface area contributed by atoms with Crippen molar-refractivity contribution in [3.8, 4) is 0 Å². The SMILES string of the molecule is O=[N+]([O-])c1ccc(S(=O)(=O)CC2CCCC2)cc1. The second-order valence-corrected chi connectivity index (χ2v) is 6.72. The summed E-state index contributed by atoms with van der Waals surface area (Å²) in [7, 11) is -3.31. The van der Waals surface area contributed by atoms with Gasteiger partial charge in [-0.15, -0.1) is 0 Å². The molecule has 1 aliphatic carbocycles. The van der Waals surface area contributed by atoms with E-state index in [1.807, 2.05) is 0 Å². The molecule has 1 aromatic carbocycles. The number of nitro groups is 1. The predicted molar refractivity (Wildman–Crippen MR) is 67.1 cm³/mol. The van der Waals surface area contributed by atoms with E-state index >= 15 is 0 Å². The minimum absolute atomic E-state index is 0.0881. The first-order chi connectivity index (χ1) is 8.49. The monoisotopic (exact) mass is 269 g/mol. The van der Waals surface area contributed by atoms with Crippen LogP contribution in [0.4, 0.5) is 5.69 Å². The highest BCUT2D eigenvalue weighted by molar-refractivity contribution is 7.91. The highest BCUT2D eigenvalue weighted by atomic mass is 32.2. The molecule has 0 aliphatic heterocycles. The lowest BCUT2D eigenvalue weighted by Gasteiger charge is -2.09. The Bertz CT molecular complexity index is 530. The molecule has 0 atom stereocenters. The van der Waals surface area contributed by atoms with E-state index < -0.39 is 14.8 Å². The number of benzene rings is 1. The number of hydrogen-bond donors (Lipinski definition) is 0. The fraction of sp³-hybridized carbons (Fsp3) is 0.500. The van der Waals surface area contributed by atoms with E-state index in [9.17, 15) is 18.5 Å². The molecule has 1 aliphatic rings. The van der Waals surface area contributed by atoms with Crippen molar-refractivity contribution in [2.75, 3.05) is 5.75 Å². The summed E-state index contributed by atoms with van der Waals surface area (Å²) >= 11 is 0. The van der Waals surface area contributed by atoms with Gasteiger partial charge in [0.05, 0.1) is 15.6 Å². The summed E-state index contributed by atoms with van der Waals surface area (Å²) in [6.45, 7) is 0. The van der Waals surface area contributed by atoms with Crippen molar-refractivity contribution in [2.24, 2.45) is 5.92 Å². The predicted octanol–water partition coefficient (Wildman–Crippen LogP) is 2.56. The average Bonchev–Trinajstić information content (AvgIpc) is 2.81. The summed E-state index contributed by atoms with van der Waals surface area (Å²) in [6.07, 6.45) is 4.12. The molecule has 98 valence electrons. The van der Waals surface area contributed by atoms with Crippen molar-refractivity contribution in [3.05, 3.63) is 34.4 Å². The molecule has 1 aromatic rings. The van der Waals surface area contributed by atoms with Crippen molar-refractivity contribution >= 4 is 15.5 Å². The van der Waals surface area contributed by atoms with E-state index in [1.54, 1.807) is 0 Å². The maximum absolute atomic E-state index is 12.1. The Hall–Kier alpha value is -1.43. The van der Waals surface area contributed by atoms with Gasteiger partial charge in [0.15, 0.2) is 9.84 Å². The third-order valence-electron chi connectivity index (χ3n) is 3.34. The number of rotatable bonds is 4. The standard InChI is InChI=1S/C12H15NO4S/c14-13(15)11-5-7-12(8-6-11)18(16,17)9-10-3-1-2-4-10/h5-8,10H,1-4,9H2. The molecular formula is C12H15NO4S. The van der Waals surface area contributed by atoms with E-state index in [2.05, 4.69) is 0 Å². The molecule has 5 nitrogen and oxygen atoms in total. The molecular weight excluding hydrogens is 254 g/mol. The van der Waals surface area contributed by atoms with E-state index in [0.29, 0.717) is 0 Å². The molecule has 0 spiro atoms. The van der Waals surface area contributed by atoms with Gasteiger partial charge >= 0.3 is 0 Å². The van der Waals surface area contributed by atoms with Crippen LogP contribution < -0.4 is 0 Å². The number of nitrogens with zero attached hydrogens (tertiary/aromatic N) is 1. The normalized spacial score (nSPS) is 16.9. The van der Waals surface area contributed by atoms with Gasteiger partial charge in [0.2, 0.25) is 0 Å². The molecule has 0 saturated heterocycles. The largest absolute Gasteiger partial charge is 0.269 e. The van der Waals surface area contributed by atoms with Crippen molar-refractivity contribution < 1.29 is 13.3 Å². The summed E-state index contributed by atoms with van der Waals surface area (Å²) in [5.41, 5.74) is -0.0881. The maximum atomic E-state index is 12.1. The van der Waals surface area contributed by atoms with E-state index in [-0.39, 0.29) is 22.3 Å². The molecule has 2 rings (SSSR count). The van der Waals surface area contributed by atoms with Gasteiger partial charge in [0.25, 0.3) is 5.69 Å². The second kappa shape index (κ2) is 5.06. The summed E-state index contributed by atoms with van der Waals surface area (Å²) in [4.78, 5) is 10.1. The molecule has 0 amide bonds. The van der Waals surface area contributed by atoms with Crippen LogP contribution >= 0.6 is 0 Å². The van der Waals surface area contributed by atoms with E-state index in [4.69, 9.17) is 0 Å². The van der Waals surface area contributed by atoms with Gasteiger partial charge in [-0.2, -0.15) is 0 Å². The first-order valence-corrected chi connectivity index (χ1v) is 7.61. The molecule has 0 radical (unpaired) electrons. The smallest absolute Gasteiger partial charge is 0.258 e. The van der Waals surface area contributed by atoms with Crippen LogP contribution in [-0.2, 0) is 9.84 Å². The molecule has 0 aromatic heterocycles. The molecule has 1 fully saturated rings. The van der Waals surface area contributed by atoms with Crippen LogP contribution in [0.25, 0.3) is 0 Å². The quantitative estimate of drug-likeness (QED) is 0.621. The summed E-state index contributed by atoms with van der Waals surface area (Å²) in [5.74, 6) is 0.398. The van der Waals surface area contributed by atoms with Crippen molar-refractivity contribution in [1.29, 1.82) is 0 Å². The fourth-order valence-electron chi connectivity index (χ4n) is 2.36. The van der Waals surface area contributed by atoms with Gasteiger partial charge < -0.3 is 0 Å². The van der Waals surface area contributed by atoms with Gasteiger partial charge in [0, 0.05) is 12.1 Å². The van der Waals surface area contributed by atoms with Crippen molar-refractivity contribution in [3.63, 3.8) is 0 Å². The third-order valence-corrected chi connectivity index (χ3v) is 5.24. The van der Waals surface area contributed by atoms with Gasteiger partial charge in [-0.1, -0.05) is 12.8 Å². The van der Waals surface area contributed by atoms with Crippen LogP contribution in [0, 0.1) is 16.0 Å². The molecule has 0 heterocycles. The van der Waals surface area contributed by atoms with Crippen LogP contribution in [0.2, 0.25) is 0 Å². The highest BCUT2D eigenvalue weighted by Gasteiger charge is 2.24. The molecule has 1 saturated carbocycles. The van der Waals surface area contributed by atoms with Gasteiger partial charge in [0.1, 0.15) is 0 Å². The molecule has 18 heavy (non-hydrogen) atoms. The Morgan fingerprint density at radius 1 is 1.17 bits per heavy atom. The zero-order valence-electron chi connectivity index (χ0n) is 9.91. The highest BCUT2D eigenvalue weighted by Crippen LogP contribution is 2.28.